The summed E-state index contributed by atoms with van der Waals surface area (Å²) in [5, 5.41) is 5.10. The SMILES string of the molecule is CC(C)NP(=O)(O)NC(C)C. The minimum absolute atomic E-state index is 0.0112. The minimum atomic E-state index is -3.30. The van der Waals surface area contributed by atoms with Gasteiger partial charge in [-0.15, -0.1) is 0 Å². The Morgan fingerprint density at radius 3 is 1.55 bits per heavy atom. The van der Waals surface area contributed by atoms with E-state index in [1.165, 1.54) is 0 Å². The molecule has 0 aromatic carbocycles. The van der Waals surface area contributed by atoms with E-state index >= 15 is 0 Å². The average Bonchev–Trinajstić information content (AvgIpc) is 1.53. The normalized spacial score (nSPS) is 13.0. The lowest BCUT2D eigenvalue weighted by Gasteiger charge is -2.18. The van der Waals surface area contributed by atoms with E-state index in [0.29, 0.717) is 0 Å². The van der Waals surface area contributed by atoms with Crippen molar-refractivity contribution >= 4 is 7.67 Å². The van der Waals surface area contributed by atoms with Crippen molar-refractivity contribution in [3.63, 3.8) is 0 Å². The van der Waals surface area contributed by atoms with Gasteiger partial charge in [0.25, 0.3) is 0 Å². The quantitative estimate of drug-likeness (QED) is 0.566. The molecule has 5 heteroatoms. The minimum Gasteiger partial charge on any atom is -0.322 e. The second-order valence-electron chi connectivity index (χ2n) is 3.14. The van der Waals surface area contributed by atoms with Crippen molar-refractivity contribution in [1.29, 1.82) is 0 Å². The van der Waals surface area contributed by atoms with E-state index < -0.39 is 7.67 Å². The third-order valence-corrected chi connectivity index (χ3v) is 2.60. The van der Waals surface area contributed by atoms with Crippen molar-refractivity contribution in [1.82, 2.24) is 10.2 Å². The van der Waals surface area contributed by atoms with Crippen LogP contribution in [0.4, 0.5) is 0 Å². The summed E-state index contributed by atoms with van der Waals surface area (Å²) in [5.74, 6) is 0. The highest BCUT2D eigenvalue weighted by molar-refractivity contribution is 7.53. The van der Waals surface area contributed by atoms with Crippen LogP contribution in [-0.2, 0) is 4.57 Å². The highest BCUT2D eigenvalue weighted by Gasteiger charge is 2.18. The lowest BCUT2D eigenvalue weighted by atomic mass is 10.4. The molecule has 0 unspecified atom stereocenters. The van der Waals surface area contributed by atoms with Crippen LogP contribution in [0.5, 0.6) is 0 Å². The standard InChI is InChI=1S/C6H17N2O2P/c1-5(2)7-11(9,10)8-6(3)4/h5-6H,1-4H3,(H3,7,8,9,10). The van der Waals surface area contributed by atoms with Crippen molar-refractivity contribution in [2.24, 2.45) is 0 Å². The van der Waals surface area contributed by atoms with Gasteiger partial charge in [-0.05, 0) is 27.7 Å². The molecule has 11 heavy (non-hydrogen) atoms. The third kappa shape index (κ3) is 6.51. The molecule has 0 atom stereocenters. The maximum Gasteiger partial charge on any atom is 0.338 e. The molecule has 0 amide bonds. The van der Waals surface area contributed by atoms with Gasteiger partial charge in [-0.25, -0.2) is 10.2 Å². The molecule has 0 aromatic rings. The Labute approximate surface area is 67.9 Å². The van der Waals surface area contributed by atoms with Crippen LogP contribution in [0.1, 0.15) is 27.7 Å². The smallest absolute Gasteiger partial charge is 0.322 e. The van der Waals surface area contributed by atoms with Crippen molar-refractivity contribution in [2.45, 2.75) is 39.8 Å². The predicted octanol–water partition coefficient (Wildman–Crippen LogP) is 1.08. The maximum atomic E-state index is 11.2. The zero-order valence-corrected chi connectivity index (χ0v) is 8.35. The summed E-state index contributed by atoms with van der Waals surface area (Å²) in [6, 6.07) is 0.0224. The average molecular weight is 180 g/mol. The largest absolute Gasteiger partial charge is 0.338 e. The van der Waals surface area contributed by atoms with Gasteiger partial charge in [-0.1, -0.05) is 0 Å². The third-order valence-electron chi connectivity index (χ3n) is 0.866. The molecule has 3 N–H and O–H groups in total. The van der Waals surface area contributed by atoms with E-state index in [9.17, 15) is 9.46 Å². The molecule has 0 aliphatic rings. The topological polar surface area (TPSA) is 61.4 Å². The first-order valence-corrected chi connectivity index (χ1v) is 5.38. The maximum absolute atomic E-state index is 11.2. The number of nitrogens with one attached hydrogen (secondary N) is 2. The monoisotopic (exact) mass is 180 g/mol. The summed E-state index contributed by atoms with van der Waals surface area (Å²) in [4.78, 5) is 9.19. The first-order chi connectivity index (χ1) is 4.83. The van der Waals surface area contributed by atoms with E-state index in [1.54, 1.807) is 0 Å². The second-order valence-corrected chi connectivity index (χ2v) is 4.81. The fourth-order valence-corrected chi connectivity index (χ4v) is 2.21. The van der Waals surface area contributed by atoms with Crippen LogP contribution in [0.2, 0.25) is 0 Å². The van der Waals surface area contributed by atoms with E-state index in [0.717, 1.165) is 0 Å². The lowest BCUT2D eigenvalue weighted by molar-refractivity contribution is 0.432. The molecule has 0 fully saturated rings. The molecule has 4 nitrogen and oxygen atoms in total. The highest BCUT2D eigenvalue weighted by atomic mass is 31.2. The summed E-state index contributed by atoms with van der Waals surface area (Å²) < 4.78 is 11.2. The van der Waals surface area contributed by atoms with Crippen molar-refractivity contribution in [2.75, 3.05) is 0 Å². The molecule has 0 saturated heterocycles. The first kappa shape index (κ1) is 11.1. The van der Waals surface area contributed by atoms with Crippen molar-refractivity contribution in [3.8, 4) is 0 Å². The lowest BCUT2D eigenvalue weighted by Crippen LogP contribution is -2.30. The van der Waals surface area contributed by atoms with Gasteiger partial charge in [0, 0.05) is 12.1 Å². The molecule has 0 bridgehead atoms. The Morgan fingerprint density at radius 2 is 1.36 bits per heavy atom. The Bertz CT molecular complexity index is 145. The Morgan fingerprint density at radius 1 is 1.09 bits per heavy atom. The zero-order valence-electron chi connectivity index (χ0n) is 7.46. The molecule has 0 heterocycles. The van der Waals surface area contributed by atoms with Crippen LogP contribution in [0.25, 0.3) is 0 Å². The van der Waals surface area contributed by atoms with Crippen LogP contribution in [0.3, 0.4) is 0 Å². The molecule has 0 aromatic heterocycles. The fraction of sp³-hybridized carbons (Fsp3) is 1.00. The molecule has 0 aliphatic carbocycles. The summed E-state index contributed by atoms with van der Waals surface area (Å²) in [6.07, 6.45) is 0. The van der Waals surface area contributed by atoms with Crippen molar-refractivity contribution < 1.29 is 9.46 Å². The van der Waals surface area contributed by atoms with Crippen molar-refractivity contribution in [3.05, 3.63) is 0 Å². The van der Waals surface area contributed by atoms with Gasteiger partial charge in [0.1, 0.15) is 0 Å². The summed E-state index contributed by atoms with van der Waals surface area (Å²) in [6.45, 7) is 7.30. The Kier molecular flexibility index (Phi) is 4.26. The van der Waals surface area contributed by atoms with Crippen LogP contribution in [0, 0.1) is 0 Å². The zero-order chi connectivity index (χ0) is 9.07. The Balaban J connectivity index is 3.91. The molecule has 0 spiro atoms. The van der Waals surface area contributed by atoms with Crippen LogP contribution in [-0.4, -0.2) is 17.0 Å². The predicted molar refractivity (Wildman–Crippen MR) is 46.4 cm³/mol. The number of rotatable bonds is 4. The summed E-state index contributed by atoms with van der Waals surface area (Å²) in [7, 11) is -3.30. The van der Waals surface area contributed by atoms with E-state index in [1.807, 2.05) is 27.7 Å². The molecular formula is C6H17N2O2P. The summed E-state index contributed by atoms with van der Waals surface area (Å²) >= 11 is 0. The summed E-state index contributed by atoms with van der Waals surface area (Å²) in [5.41, 5.74) is 0. The first-order valence-electron chi connectivity index (χ1n) is 3.72. The van der Waals surface area contributed by atoms with Gasteiger partial charge < -0.3 is 4.89 Å². The van der Waals surface area contributed by atoms with Gasteiger partial charge in [-0.2, -0.15) is 0 Å². The fourth-order valence-electron chi connectivity index (χ4n) is 0.737. The molecule has 0 aliphatic heterocycles. The van der Waals surface area contributed by atoms with Crippen LogP contribution in [0.15, 0.2) is 0 Å². The molecular weight excluding hydrogens is 163 g/mol. The molecule has 0 radical (unpaired) electrons. The van der Waals surface area contributed by atoms with Gasteiger partial charge >= 0.3 is 7.67 Å². The van der Waals surface area contributed by atoms with Gasteiger partial charge in [-0.3, -0.25) is 4.57 Å². The van der Waals surface area contributed by atoms with E-state index in [2.05, 4.69) is 10.2 Å². The van der Waals surface area contributed by atoms with Crippen LogP contribution < -0.4 is 10.2 Å². The van der Waals surface area contributed by atoms with Gasteiger partial charge in [0.2, 0.25) is 0 Å². The van der Waals surface area contributed by atoms with Gasteiger partial charge in [0.15, 0.2) is 0 Å². The van der Waals surface area contributed by atoms with E-state index in [4.69, 9.17) is 0 Å². The molecule has 0 rings (SSSR count). The molecule has 68 valence electrons. The van der Waals surface area contributed by atoms with Gasteiger partial charge in [0.05, 0.1) is 0 Å². The van der Waals surface area contributed by atoms with Crippen LogP contribution >= 0.6 is 7.67 Å². The molecule has 0 saturated carbocycles. The number of hydrogen-bond acceptors (Lipinski definition) is 1. The second kappa shape index (κ2) is 4.21. The van der Waals surface area contributed by atoms with E-state index in [-0.39, 0.29) is 12.1 Å². The highest BCUT2D eigenvalue weighted by Crippen LogP contribution is 2.30. The Hall–Kier alpha value is 0.110. The number of hydrogen-bond donors (Lipinski definition) is 3.